The summed E-state index contributed by atoms with van der Waals surface area (Å²) in [4.78, 5) is 10.8. The van der Waals surface area contributed by atoms with Crippen molar-refractivity contribution in [2.45, 2.75) is 13.8 Å². The number of aromatic carboxylic acids is 1. The van der Waals surface area contributed by atoms with Crippen molar-refractivity contribution >= 4 is 5.97 Å². The van der Waals surface area contributed by atoms with Gasteiger partial charge < -0.3 is 9.84 Å². The molecule has 2 aromatic rings. The molecule has 0 spiro atoms. The standard InChI is InChI=1S/C13H14N2O3/c1-8-6-10(13(16)17)4-5-11(8)18-12-7-9(2)14-15(12)3/h4-7H,1-3H3,(H,16,17). The number of hydrogen-bond donors (Lipinski definition) is 1. The van der Waals surface area contributed by atoms with Crippen molar-refractivity contribution in [3.8, 4) is 11.6 Å². The predicted octanol–water partition coefficient (Wildman–Crippen LogP) is 2.53. The zero-order chi connectivity index (χ0) is 13.3. The fourth-order valence-corrected chi connectivity index (χ4v) is 1.69. The summed E-state index contributed by atoms with van der Waals surface area (Å²) in [7, 11) is 1.79. The Morgan fingerprint density at radius 1 is 1.33 bits per heavy atom. The van der Waals surface area contributed by atoms with Crippen LogP contribution in [-0.4, -0.2) is 20.9 Å². The Balaban J connectivity index is 2.30. The van der Waals surface area contributed by atoms with E-state index in [1.54, 1.807) is 23.9 Å². The van der Waals surface area contributed by atoms with Gasteiger partial charge in [0.05, 0.1) is 11.3 Å². The van der Waals surface area contributed by atoms with Crippen LogP contribution in [0.3, 0.4) is 0 Å². The lowest BCUT2D eigenvalue weighted by Crippen LogP contribution is -1.99. The molecule has 94 valence electrons. The SMILES string of the molecule is Cc1cc(Oc2ccc(C(=O)O)cc2C)n(C)n1. The van der Waals surface area contributed by atoms with Gasteiger partial charge in [-0.3, -0.25) is 0 Å². The molecule has 1 heterocycles. The molecule has 2 rings (SSSR count). The van der Waals surface area contributed by atoms with Crippen LogP contribution in [0.2, 0.25) is 0 Å². The molecule has 18 heavy (non-hydrogen) atoms. The smallest absolute Gasteiger partial charge is 0.335 e. The van der Waals surface area contributed by atoms with Gasteiger partial charge in [-0.05, 0) is 37.6 Å². The fraction of sp³-hybridized carbons (Fsp3) is 0.231. The predicted molar refractivity (Wildman–Crippen MR) is 66.2 cm³/mol. The summed E-state index contributed by atoms with van der Waals surface area (Å²) in [5.41, 5.74) is 1.89. The van der Waals surface area contributed by atoms with E-state index < -0.39 is 5.97 Å². The molecule has 1 N–H and O–H groups in total. The first-order valence-corrected chi connectivity index (χ1v) is 5.50. The molecular formula is C13H14N2O3. The van der Waals surface area contributed by atoms with E-state index in [9.17, 15) is 4.79 Å². The third-order valence-corrected chi connectivity index (χ3v) is 2.60. The minimum absolute atomic E-state index is 0.251. The number of carboxylic acid groups (broad SMARTS) is 1. The first-order chi connectivity index (χ1) is 8.47. The average molecular weight is 246 g/mol. The first kappa shape index (κ1) is 12.2. The number of carbonyl (C=O) groups is 1. The maximum absolute atomic E-state index is 10.8. The van der Waals surface area contributed by atoms with Crippen LogP contribution in [0.1, 0.15) is 21.6 Å². The Kier molecular flexibility index (Phi) is 3.06. The minimum Gasteiger partial charge on any atom is -0.478 e. The fourth-order valence-electron chi connectivity index (χ4n) is 1.69. The molecule has 0 aliphatic rings. The summed E-state index contributed by atoms with van der Waals surface area (Å²) in [6.45, 7) is 3.69. The summed E-state index contributed by atoms with van der Waals surface area (Å²) in [5.74, 6) is 0.308. The number of nitrogens with zero attached hydrogens (tertiary/aromatic N) is 2. The molecule has 0 bridgehead atoms. The molecule has 0 saturated heterocycles. The molecule has 1 aromatic carbocycles. The van der Waals surface area contributed by atoms with Crippen molar-refractivity contribution in [3.05, 3.63) is 41.1 Å². The Morgan fingerprint density at radius 3 is 2.56 bits per heavy atom. The van der Waals surface area contributed by atoms with Crippen LogP contribution >= 0.6 is 0 Å². The lowest BCUT2D eigenvalue weighted by atomic mass is 10.1. The molecule has 1 aromatic heterocycles. The monoisotopic (exact) mass is 246 g/mol. The normalized spacial score (nSPS) is 10.4. The van der Waals surface area contributed by atoms with Gasteiger partial charge in [-0.2, -0.15) is 5.10 Å². The van der Waals surface area contributed by atoms with Gasteiger partial charge in [-0.15, -0.1) is 0 Å². The van der Waals surface area contributed by atoms with Gasteiger partial charge in [0.2, 0.25) is 5.88 Å². The number of benzene rings is 1. The summed E-state index contributed by atoms with van der Waals surface area (Å²) in [6.07, 6.45) is 0. The highest BCUT2D eigenvalue weighted by Gasteiger charge is 2.09. The molecule has 0 aliphatic heterocycles. The van der Waals surface area contributed by atoms with E-state index >= 15 is 0 Å². The quantitative estimate of drug-likeness (QED) is 0.903. The van der Waals surface area contributed by atoms with Crippen molar-refractivity contribution in [1.29, 1.82) is 0 Å². The molecule has 0 saturated carbocycles. The highest BCUT2D eigenvalue weighted by Crippen LogP contribution is 2.25. The summed E-state index contributed by atoms with van der Waals surface area (Å²) < 4.78 is 7.34. The molecule has 5 heteroatoms. The number of rotatable bonds is 3. The van der Waals surface area contributed by atoms with Crippen LogP contribution in [0.5, 0.6) is 11.6 Å². The Labute approximate surface area is 105 Å². The Hall–Kier alpha value is -2.30. The van der Waals surface area contributed by atoms with Crippen LogP contribution in [0.25, 0.3) is 0 Å². The van der Waals surface area contributed by atoms with Crippen molar-refractivity contribution in [1.82, 2.24) is 9.78 Å². The third-order valence-electron chi connectivity index (χ3n) is 2.60. The van der Waals surface area contributed by atoms with Gasteiger partial charge in [0, 0.05) is 13.1 Å². The lowest BCUT2D eigenvalue weighted by molar-refractivity contribution is 0.0697. The Morgan fingerprint density at radius 2 is 2.06 bits per heavy atom. The van der Waals surface area contributed by atoms with Crippen molar-refractivity contribution in [3.63, 3.8) is 0 Å². The van der Waals surface area contributed by atoms with E-state index in [1.165, 1.54) is 6.07 Å². The largest absolute Gasteiger partial charge is 0.478 e. The third kappa shape index (κ3) is 2.34. The summed E-state index contributed by atoms with van der Waals surface area (Å²) >= 11 is 0. The molecule has 0 amide bonds. The van der Waals surface area contributed by atoms with Crippen LogP contribution in [0.4, 0.5) is 0 Å². The Bertz CT molecular complexity index is 602. The van der Waals surface area contributed by atoms with Crippen molar-refractivity contribution < 1.29 is 14.6 Å². The zero-order valence-electron chi connectivity index (χ0n) is 10.5. The minimum atomic E-state index is -0.943. The van der Waals surface area contributed by atoms with Gasteiger partial charge >= 0.3 is 5.97 Å². The second kappa shape index (κ2) is 4.52. The zero-order valence-corrected chi connectivity index (χ0v) is 10.5. The van der Waals surface area contributed by atoms with Crippen LogP contribution in [-0.2, 0) is 7.05 Å². The van der Waals surface area contributed by atoms with Gasteiger partial charge in [-0.1, -0.05) is 0 Å². The summed E-state index contributed by atoms with van der Waals surface area (Å²) in [5, 5.41) is 13.1. The molecule has 5 nitrogen and oxygen atoms in total. The number of ether oxygens (including phenoxy) is 1. The van der Waals surface area contributed by atoms with Crippen LogP contribution in [0, 0.1) is 13.8 Å². The topological polar surface area (TPSA) is 64.3 Å². The van der Waals surface area contributed by atoms with Crippen molar-refractivity contribution in [2.24, 2.45) is 7.05 Å². The number of aromatic nitrogens is 2. The molecule has 0 radical (unpaired) electrons. The highest BCUT2D eigenvalue weighted by molar-refractivity contribution is 5.88. The van der Waals surface area contributed by atoms with E-state index in [-0.39, 0.29) is 5.56 Å². The molecule has 0 aliphatic carbocycles. The highest BCUT2D eigenvalue weighted by atomic mass is 16.5. The van der Waals surface area contributed by atoms with Crippen LogP contribution in [0.15, 0.2) is 24.3 Å². The maximum atomic E-state index is 10.8. The van der Waals surface area contributed by atoms with E-state index in [0.29, 0.717) is 11.6 Å². The maximum Gasteiger partial charge on any atom is 0.335 e. The number of aryl methyl sites for hydroxylation is 3. The van der Waals surface area contributed by atoms with Crippen molar-refractivity contribution in [2.75, 3.05) is 0 Å². The molecule has 0 unspecified atom stereocenters. The number of carboxylic acids is 1. The lowest BCUT2D eigenvalue weighted by Gasteiger charge is -2.08. The molecule has 0 fully saturated rings. The van der Waals surface area contributed by atoms with Gasteiger partial charge in [0.25, 0.3) is 0 Å². The molecule has 0 atom stereocenters. The van der Waals surface area contributed by atoms with Gasteiger partial charge in [0.1, 0.15) is 5.75 Å². The van der Waals surface area contributed by atoms with E-state index in [2.05, 4.69) is 5.10 Å². The second-order valence-electron chi connectivity index (χ2n) is 4.14. The van der Waals surface area contributed by atoms with Crippen LogP contribution < -0.4 is 4.74 Å². The molecular weight excluding hydrogens is 232 g/mol. The van der Waals surface area contributed by atoms with E-state index in [4.69, 9.17) is 9.84 Å². The van der Waals surface area contributed by atoms with E-state index in [0.717, 1.165) is 11.3 Å². The summed E-state index contributed by atoms with van der Waals surface area (Å²) in [6, 6.07) is 6.58. The number of hydrogen-bond acceptors (Lipinski definition) is 3. The first-order valence-electron chi connectivity index (χ1n) is 5.50. The second-order valence-corrected chi connectivity index (χ2v) is 4.14. The average Bonchev–Trinajstić information content (AvgIpc) is 2.60. The van der Waals surface area contributed by atoms with Gasteiger partial charge in [0.15, 0.2) is 0 Å². The van der Waals surface area contributed by atoms with E-state index in [1.807, 2.05) is 19.9 Å². The van der Waals surface area contributed by atoms with Gasteiger partial charge in [-0.25, -0.2) is 9.48 Å².